The van der Waals surface area contributed by atoms with Crippen LogP contribution in [0.3, 0.4) is 0 Å². The maximum atomic E-state index is 9.99. The molecule has 0 radical (unpaired) electrons. The quantitative estimate of drug-likeness (QED) is 0.709. The molecule has 0 heterocycles. The molecule has 2 N–H and O–H groups in total. The number of benzene rings is 1. The van der Waals surface area contributed by atoms with Gasteiger partial charge in [-0.2, -0.15) is 8.42 Å². The zero-order valence-corrected chi connectivity index (χ0v) is 7.47. The first kappa shape index (κ1) is 12.0. The third-order valence-electron chi connectivity index (χ3n) is 1.08. The van der Waals surface area contributed by atoms with Crippen LogP contribution in [0.1, 0.15) is 5.56 Å². The van der Waals surface area contributed by atoms with Gasteiger partial charge in [0.15, 0.2) is 0 Å². The van der Waals surface area contributed by atoms with Gasteiger partial charge in [0.05, 0.1) is 0 Å². The van der Waals surface area contributed by atoms with Crippen molar-refractivity contribution in [2.45, 2.75) is 6.54 Å². The first-order valence-corrected chi connectivity index (χ1v) is 4.60. The lowest BCUT2D eigenvalue weighted by Gasteiger charge is -1.90. The summed E-state index contributed by atoms with van der Waals surface area (Å²) in [4.78, 5) is 0. The van der Waals surface area contributed by atoms with Gasteiger partial charge in [0, 0.05) is 6.54 Å². The second kappa shape index (κ2) is 5.60. The predicted octanol–water partition coefficient (Wildman–Crippen LogP) is 1.32. The van der Waals surface area contributed by atoms with E-state index in [-0.39, 0.29) is 0 Å². The van der Waals surface area contributed by atoms with Crippen LogP contribution in [-0.2, 0) is 17.2 Å². The maximum Gasteiger partial charge on any atom is 0.476 e. The topological polar surface area (TPSA) is 60.2 Å². The van der Waals surface area contributed by atoms with E-state index in [1.54, 1.807) is 0 Å². The Kier molecular flexibility index (Phi) is 5.17. The van der Waals surface area contributed by atoms with Crippen LogP contribution in [0.5, 0.6) is 0 Å². The van der Waals surface area contributed by atoms with Gasteiger partial charge in [-0.3, -0.25) is 0 Å². The Balaban J connectivity index is 0.000000252. The van der Waals surface area contributed by atoms with E-state index in [9.17, 15) is 7.77 Å². The van der Waals surface area contributed by atoms with Crippen molar-refractivity contribution >= 4 is 10.6 Å². The lowest BCUT2D eigenvalue weighted by Crippen LogP contribution is -1.94. The Morgan fingerprint density at radius 1 is 1.15 bits per heavy atom. The molecule has 74 valence electrons. The molecular weight excluding hydrogens is 200 g/mol. The fourth-order valence-electron chi connectivity index (χ4n) is 0.614. The largest absolute Gasteiger partial charge is 0.476 e. The molecule has 0 fully saturated rings. The third-order valence-corrected chi connectivity index (χ3v) is 1.08. The molecule has 0 saturated heterocycles. The van der Waals surface area contributed by atoms with Crippen LogP contribution in [0, 0.1) is 0 Å². The highest BCUT2D eigenvalue weighted by atomic mass is 32.3. The van der Waals surface area contributed by atoms with E-state index in [1.165, 1.54) is 5.56 Å². The van der Waals surface area contributed by atoms with E-state index in [2.05, 4.69) is 0 Å². The van der Waals surface area contributed by atoms with Gasteiger partial charge in [-0.25, -0.2) is 0 Å². The van der Waals surface area contributed by atoms with Crippen molar-refractivity contribution in [2.24, 2.45) is 5.73 Å². The first-order valence-electron chi connectivity index (χ1n) is 3.31. The minimum atomic E-state index is -5.67. The molecule has 6 heteroatoms. The van der Waals surface area contributed by atoms with Crippen molar-refractivity contribution in [2.75, 3.05) is 0 Å². The average molecular weight is 209 g/mol. The Labute approximate surface area is 75.7 Å². The van der Waals surface area contributed by atoms with Crippen LogP contribution in [-0.4, -0.2) is 8.42 Å². The van der Waals surface area contributed by atoms with E-state index in [1.807, 2.05) is 30.3 Å². The zero-order valence-electron chi connectivity index (χ0n) is 6.65. The molecular formula is C7H9F2NO2S. The van der Waals surface area contributed by atoms with E-state index in [0.29, 0.717) is 6.54 Å². The van der Waals surface area contributed by atoms with Gasteiger partial charge in [-0.15, -0.1) is 0 Å². The van der Waals surface area contributed by atoms with Crippen LogP contribution in [0.25, 0.3) is 0 Å². The SMILES string of the molecule is NCc1ccccc1.O=S(=O)(F)F. The van der Waals surface area contributed by atoms with Crippen molar-refractivity contribution in [3.8, 4) is 0 Å². The van der Waals surface area contributed by atoms with Crippen LogP contribution in [0.4, 0.5) is 7.77 Å². The van der Waals surface area contributed by atoms with Gasteiger partial charge in [0.2, 0.25) is 0 Å². The molecule has 1 aromatic rings. The van der Waals surface area contributed by atoms with Gasteiger partial charge in [0.25, 0.3) is 0 Å². The van der Waals surface area contributed by atoms with Crippen molar-refractivity contribution in [1.82, 2.24) is 0 Å². The lowest BCUT2D eigenvalue weighted by molar-refractivity contribution is 0.501. The summed E-state index contributed by atoms with van der Waals surface area (Å²) in [7, 11) is -5.67. The molecule has 1 aromatic carbocycles. The monoisotopic (exact) mass is 209 g/mol. The molecule has 0 spiro atoms. The van der Waals surface area contributed by atoms with Crippen molar-refractivity contribution in [3.05, 3.63) is 35.9 Å². The summed E-state index contributed by atoms with van der Waals surface area (Å²) in [6.07, 6.45) is 0. The number of hydrogen-bond acceptors (Lipinski definition) is 3. The van der Waals surface area contributed by atoms with Crippen LogP contribution in [0.15, 0.2) is 30.3 Å². The molecule has 0 bridgehead atoms. The number of rotatable bonds is 1. The van der Waals surface area contributed by atoms with Gasteiger partial charge in [0.1, 0.15) is 0 Å². The standard InChI is InChI=1S/C7H9N.F2O2S/c8-6-7-4-2-1-3-5-7;1-5(2,3)4/h1-5H,6,8H2;. The summed E-state index contributed by atoms with van der Waals surface area (Å²) in [5.41, 5.74) is 6.54. The molecule has 0 amide bonds. The summed E-state index contributed by atoms with van der Waals surface area (Å²) in [5, 5.41) is 0. The first-order chi connectivity index (χ1) is 5.93. The Bertz CT molecular complexity index is 318. The highest BCUT2D eigenvalue weighted by Gasteiger charge is 1.94. The van der Waals surface area contributed by atoms with Crippen molar-refractivity contribution in [1.29, 1.82) is 0 Å². The normalized spacial score (nSPS) is 10.1. The Morgan fingerprint density at radius 3 is 1.77 bits per heavy atom. The molecule has 0 saturated carbocycles. The molecule has 1 rings (SSSR count). The van der Waals surface area contributed by atoms with E-state index < -0.39 is 10.6 Å². The summed E-state index contributed by atoms with van der Waals surface area (Å²) in [6.45, 7) is 0.640. The molecule has 13 heavy (non-hydrogen) atoms. The summed E-state index contributed by atoms with van der Waals surface area (Å²) in [6, 6.07) is 9.99. The van der Waals surface area contributed by atoms with Crippen LogP contribution >= 0.6 is 0 Å². The molecule has 0 aliphatic heterocycles. The van der Waals surface area contributed by atoms with Gasteiger partial charge < -0.3 is 5.73 Å². The molecule has 0 aliphatic carbocycles. The molecule has 3 nitrogen and oxygen atoms in total. The zero-order chi connectivity index (χ0) is 10.3. The number of hydrogen-bond donors (Lipinski definition) is 1. The second-order valence-electron chi connectivity index (χ2n) is 2.07. The molecule has 0 unspecified atom stereocenters. The molecule has 0 aliphatic rings. The fourth-order valence-corrected chi connectivity index (χ4v) is 0.614. The predicted molar refractivity (Wildman–Crippen MR) is 45.5 cm³/mol. The van der Waals surface area contributed by atoms with E-state index >= 15 is 0 Å². The fraction of sp³-hybridized carbons (Fsp3) is 0.143. The van der Waals surface area contributed by atoms with E-state index in [4.69, 9.17) is 14.2 Å². The molecule has 0 aromatic heterocycles. The van der Waals surface area contributed by atoms with Gasteiger partial charge in [-0.1, -0.05) is 38.1 Å². The average Bonchev–Trinajstić information content (AvgIpc) is 2.03. The number of halogens is 2. The summed E-state index contributed by atoms with van der Waals surface area (Å²) >= 11 is 0. The van der Waals surface area contributed by atoms with Crippen molar-refractivity contribution < 1.29 is 16.2 Å². The molecule has 0 atom stereocenters. The van der Waals surface area contributed by atoms with Gasteiger partial charge in [-0.05, 0) is 5.56 Å². The smallest absolute Gasteiger partial charge is 0.326 e. The Hall–Kier alpha value is -1.01. The van der Waals surface area contributed by atoms with Crippen molar-refractivity contribution in [3.63, 3.8) is 0 Å². The highest BCUT2D eigenvalue weighted by molar-refractivity contribution is 7.81. The van der Waals surface area contributed by atoms with Crippen LogP contribution in [0.2, 0.25) is 0 Å². The Morgan fingerprint density at radius 2 is 1.54 bits per heavy atom. The summed E-state index contributed by atoms with van der Waals surface area (Å²) in [5.74, 6) is 0. The minimum absolute atomic E-state index is 0.640. The third kappa shape index (κ3) is 11.0. The van der Waals surface area contributed by atoms with E-state index in [0.717, 1.165) is 0 Å². The second-order valence-corrected chi connectivity index (χ2v) is 2.82. The lowest BCUT2D eigenvalue weighted by atomic mass is 10.2. The van der Waals surface area contributed by atoms with Crippen LogP contribution < -0.4 is 5.73 Å². The minimum Gasteiger partial charge on any atom is -0.326 e. The highest BCUT2D eigenvalue weighted by Crippen LogP contribution is 1.94. The van der Waals surface area contributed by atoms with Gasteiger partial charge >= 0.3 is 10.6 Å². The number of nitrogens with two attached hydrogens (primary N) is 1. The maximum absolute atomic E-state index is 9.99. The summed E-state index contributed by atoms with van der Waals surface area (Å²) < 4.78 is 36.6.